The van der Waals surface area contributed by atoms with Crippen LogP contribution in [-0.4, -0.2) is 43.2 Å². The quantitative estimate of drug-likeness (QED) is 0.129. The Labute approximate surface area is 472 Å². The van der Waals surface area contributed by atoms with Gasteiger partial charge in [0, 0.05) is 71.9 Å². The molecule has 0 unspecified atom stereocenters. The third kappa shape index (κ3) is 7.50. The topological polar surface area (TPSA) is 84.2 Å². The summed E-state index contributed by atoms with van der Waals surface area (Å²) in [5, 5.41) is 8.97. The van der Waals surface area contributed by atoms with Gasteiger partial charge in [0.05, 0.1) is 56.5 Å². The first-order valence-corrected chi connectivity index (χ1v) is 28.4. The number of aryl methyl sites for hydroxylation is 2. The smallest absolute Gasteiger partial charge is 0.238 e. The normalized spacial score (nSPS) is 12.0. The molecule has 0 aliphatic rings. The fourth-order valence-electron chi connectivity index (χ4n) is 12.9. The molecular weight excluding hydrogens is 1000 g/mol. The fraction of sp³-hybridized carbons (Fsp3) is 0.0822. The van der Waals surface area contributed by atoms with E-state index in [2.05, 4.69) is 255 Å². The number of pyridine rings is 2. The molecule has 0 aliphatic carbocycles. The van der Waals surface area contributed by atoms with Crippen LogP contribution in [0.1, 0.15) is 37.8 Å². The predicted octanol–water partition coefficient (Wildman–Crippen LogP) is 18.0. The summed E-state index contributed by atoms with van der Waals surface area (Å²) in [5.74, 6) is 1.51. The molecule has 0 aliphatic heterocycles. The van der Waals surface area contributed by atoms with Gasteiger partial charge in [0.1, 0.15) is 5.69 Å². The van der Waals surface area contributed by atoms with Crippen molar-refractivity contribution in [1.82, 2.24) is 43.2 Å². The molecule has 16 aromatic rings. The molecule has 390 valence electrons. The van der Waals surface area contributed by atoms with Gasteiger partial charge in [-0.25, -0.2) is 4.98 Å². The van der Waals surface area contributed by atoms with Crippen molar-refractivity contribution in [3.05, 3.63) is 248 Å². The highest BCUT2D eigenvalue weighted by Gasteiger charge is 2.26. The van der Waals surface area contributed by atoms with E-state index in [1.807, 2.05) is 18.6 Å². The van der Waals surface area contributed by atoms with Gasteiger partial charge >= 0.3 is 0 Å². The van der Waals surface area contributed by atoms with E-state index in [0.717, 1.165) is 136 Å². The Morgan fingerprint density at radius 3 is 1.57 bits per heavy atom. The van der Waals surface area contributed by atoms with E-state index in [1.165, 1.54) is 22.1 Å². The number of para-hydroxylation sites is 3. The third-order valence-electron chi connectivity index (χ3n) is 16.5. The zero-order valence-electron chi connectivity index (χ0n) is 45.4. The number of nitrogens with zero attached hydrogens (tertiary/aromatic N) is 9. The van der Waals surface area contributed by atoms with Crippen LogP contribution in [0.2, 0.25) is 0 Å². The van der Waals surface area contributed by atoms with E-state index >= 15 is 0 Å². The van der Waals surface area contributed by atoms with E-state index < -0.39 is 0 Å². The number of fused-ring (bicyclic) bond motifs is 13. The van der Waals surface area contributed by atoms with Crippen LogP contribution in [0.15, 0.2) is 237 Å². The summed E-state index contributed by atoms with van der Waals surface area (Å²) in [6, 6.07) is 78.7. The maximum atomic E-state index is 5.67. The Bertz CT molecular complexity index is 5010. The molecule has 0 saturated heterocycles. The molecule has 7 heterocycles. The zero-order chi connectivity index (χ0) is 54.4. The zero-order valence-corrected chi connectivity index (χ0v) is 45.4. The van der Waals surface area contributed by atoms with Crippen LogP contribution in [-0.2, 0) is 12.8 Å². The van der Waals surface area contributed by atoms with Crippen LogP contribution in [0.4, 0.5) is 0 Å². The molecule has 9 nitrogen and oxygen atoms in total. The number of benzene rings is 9. The van der Waals surface area contributed by atoms with Crippen molar-refractivity contribution in [3.8, 4) is 57.0 Å². The largest absolute Gasteiger partial charge is 0.308 e. The van der Waals surface area contributed by atoms with E-state index in [-0.39, 0.29) is 0 Å². The van der Waals surface area contributed by atoms with Gasteiger partial charge < -0.3 is 13.7 Å². The highest BCUT2D eigenvalue weighted by Crippen LogP contribution is 2.44. The van der Waals surface area contributed by atoms with Crippen molar-refractivity contribution in [3.63, 3.8) is 0 Å². The van der Waals surface area contributed by atoms with Gasteiger partial charge in [-0.15, -0.1) is 0 Å². The van der Waals surface area contributed by atoms with Gasteiger partial charge in [-0.1, -0.05) is 148 Å². The van der Waals surface area contributed by atoms with Crippen molar-refractivity contribution in [1.29, 1.82) is 0 Å². The van der Waals surface area contributed by atoms with Gasteiger partial charge in [0.2, 0.25) is 5.95 Å². The minimum atomic E-state index is 0.472. The SMILES string of the molecule is CCCc1ccc2c(c1)c1ccc3c4cc(CCC)ccc4n(-c4nc(-c5ccc6c(c5)c5ccncc5n6-c5ccccc5)nc(-c5cc6c7ccccc7n(-c7ccccc7)c6cn5)n4)c3c1n2-c1cccc(-c2ccccc2)c1. The lowest BCUT2D eigenvalue weighted by Gasteiger charge is -2.14. The molecule has 0 saturated carbocycles. The van der Waals surface area contributed by atoms with Gasteiger partial charge in [-0.05, 0) is 132 Å². The first kappa shape index (κ1) is 47.5. The van der Waals surface area contributed by atoms with Crippen molar-refractivity contribution in [2.45, 2.75) is 39.5 Å². The lowest BCUT2D eigenvalue weighted by atomic mass is 10.0. The molecule has 9 heteroatoms. The summed E-state index contributed by atoms with van der Waals surface area (Å²) < 4.78 is 9.36. The maximum absolute atomic E-state index is 5.67. The summed E-state index contributed by atoms with van der Waals surface area (Å²) >= 11 is 0. The average Bonchev–Trinajstić information content (AvgIpc) is 3.44. The predicted molar refractivity (Wildman–Crippen MR) is 337 cm³/mol. The summed E-state index contributed by atoms with van der Waals surface area (Å²) in [5.41, 5.74) is 18.1. The summed E-state index contributed by atoms with van der Waals surface area (Å²) in [7, 11) is 0. The Morgan fingerprint density at radius 1 is 0.329 bits per heavy atom. The molecule has 0 radical (unpaired) electrons. The Kier molecular flexibility index (Phi) is 11.1. The lowest BCUT2D eigenvalue weighted by molar-refractivity contribution is 0.922. The van der Waals surface area contributed by atoms with Crippen molar-refractivity contribution < 1.29 is 0 Å². The number of hydrogen-bond acceptors (Lipinski definition) is 5. The maximum Gasteiger partial charge on any atom is 0.238 e. The van der Waals surface area contributed by atoms with Crippen molar-refractivity contribution >= 4 is 87.2 Å². The van der Waals surface area contributed by atoms with E-state index in [1.54, 1.807) is 0 Å². The van der Waals surface area contributed by atoms with E-state index in [4.69, 9.17) is 19.9 Å². The van der Waals surface area contributed by atoms with Gasteiger partial charge in [0.15, 0.2) is 11.6 Å². The molecule has 0 bridgehead atoms. The van der Waals surface area contributed by atoms with Crippen LogP contribution in [0, 0.1) is 0 Å². The van der Waals surface area contributed by atoms with Crippen molar-refractivity contribution in [2.75, 3.05) is 0 Å². The molecule has 0 fully saturated rings. The average molecular weight is 1060 g/mol. The molecule has 82 heavy (non-hydrogen) atoms. The first-order valence-electron chi connectivity index (χ1n) is 28.4. The van der Waals surface area contributed by atoms with Gasteiger partial charge in [-0.3, -0.25) is 14.5 Å². The molecule has 0 N–H and O–H groups in total. The van der Waals surface area contributed by atoms with E-state index in [0.29, 0.717) is 23.3 Å². The van der Waals surface area contributed by atoms with Crippen LogP contribution in [0.3, 0.4) is 0 Å². The second-order valence-corrected chi connectivity index (χ2v) is 21.5. The molecular formula is C73H53N9. The second kappa shape index (κ2) is 19.1. The minimum Gasteiger partial charge on any atom is -0.308 e. The van der Waals surface area contributed by atoms with E-state index in [9.17, 15) is 0 Å². The molecule has 0 amide bonds. The van der Waals surface area contributed by atoms with Crippen LogP contribution in [0.25, 0.3) is 144 Å². The Balaban J connectivity index is 1.01. The number of hydrogen-bond donors (Lipinski definition) is 0. The monoisotopic (exact) mass is 1060 g/mol. The van der Waals surface area contributed by atoms with Crippen LogP contribution < -0.4 is 0 Å². The second-order valence-electron chi connectivity index (χ2n) is 21.5. The third-order valence-corrected chi connectivity index (χ3v) is 16.5. The summed E-state index contributed by atoms with van der Waals surface area (Å²) in [6.07, 6.45) is 9.85. The molecule has 16 rings (SSSR count). The van der Waals surface area contributed by atoms with Gasteiger partial charge in [0.25, 0.3) is 0 Å². The standard InChI is InChI=1S/C73H53N9/c1-3-17-46-29-34-65-58(39-46)56-32-33-57-59-40-47(18-4-2)30-35-66(59)82(70(57)69(56)81(65)53-26-16-21-49(41-53)48-19-8-5-9-20-48)73-77-71(50-31-36-64-60(42-50)55-37-38-74-44-67(55)80(64)52-24-12-7-13-25-52)76-72(78-73)62-43-61-54-27-14-15-28-63(54)79(68(61)45-75-62)51-22-10-6-11-23-51/h5-16,19-45H,3-4,17-18H2,1-2H3. The number of aromatic nitrogens is 9. The summed E-state index contributed by atoms with van der Waals surface area (Å²) in [4.78, 5) is 26.7. The molecule has 0 atom stereocenters. The summed E-state index contributed by atoms with van der Waals surface area (Å²) in [6.45, 7) is 4.50. The van der Waals surface area contributed by atoms with Crippen molar-refractivity contribution in [2.24, 2.45) is 0 Å². The first-order chi connectivity index (χ1) is 40.6. The Morgan fingerprint density at radius 2 is 0.866 bits per heavy atom. The Hall–Kier alpha value is -10.5. The fourth-order valence-corrected chi connectivity index (χ4v) is 12.9. The van der Waals surface area contributed by atoms with Crippen LogP contribution >= 0.6 is 0 Å². The van der Waals surface area contributed by atoms with Crippen LogP contribution in [0.5, 0.6) is 0 Å². The number of rotatable bonds is 11. The molecule has 0 spiro atoms. The lowest BCUT2D eigenvalue weighted by Crippen LogP contribution is -2.08. The molecule has 7 aromatic heterocycles. The highest BCUT2D eigenvalue weighted by molar-refractivity contribution is 6.24. The van der Waals surface area contributed by atoms with Gasteiger partial charge in [-0.2, -0.15) is 9.97 Å². The molecule has 9 aromatic carbocycles. The highest BCUT2D eigenvalue weighted by atomic mass is 15.2. The minimum absolute atomic E-state index is 0.472.